The molecule has 2 rings (SSSR count). The van der Waals surface area contributed by atoms with Crippen molar-refractivity contribution < 1.29 is 4.79 Å². The summed E-state index contributed by atoms with van der Waals surface area (Å²) in [6.45, 7) is 6.99. The van der Waals surface area contributed by atoms with Crippen molar-refractivity contribution in [1.82, 2.24) is 20.6 Å². The summed E-state index contributed by atoms with van der Waals surface area (Å²) in [5.74, 6) is 0.898. The molecular weight excluding hydrogens is 336 g/mol. The van der Waals surface area contributed by atoms with Crippen LogP contribution in [-0.4, -0.2) is 28.4 Å². The summed E-state index contributed by atoms with van der Waals surface area (Å²) in [7, 11) is 0. The van der Waals surface area contributed by atoms with Gasteiger partial charge in [-0.05, 0) is 24.5 Å². The molecule has 0 spiro atoms. The fourth-order valence-electron chi connectivity index (χ4n) is 2.00. The second kappa shape index (κ2) is 9.12. The lowest BCUT2D eigenvalue weighted by Gasteiger charge is -2.06. The van der Waals surface area contributed by atoms with E-state index in [9.17, 15) is 4.79 Å². The van der Waals surface area contributed by atoms with Crippen molar-refractivity contribution in [2.24, 2.45) is 16.6 Å². The average Bonchev–Trinajstić information content (AvgIpc) is 3.01. The number of nitrogens with two attached hydrogens (primary N) is 1. The molecule has 2 heterocycles. The van der Waals surface area contributed by atoms with Crippen molar-refractivity contribution in [3.8, 4) is 11.4 Å². The first-order valence-corrected chi connectivity index (χ1v) is 9.06. The molecule has 4 N–H and O–H groups in total. The predicted octanol–water partition coefficient (Wildman–Crippen LogP) is 2.42. The molecule has 7 nitrogen and oxygen atoms in total. The standard InChI is InChI=1S/C17H24N6OS/c1-11(2)7-8-19-16(18)23-17-22-15(10-25-17)14-6-4-5-13(21-14)9-20-12(3)24/h4-6,10-11H,7-9H2,1-3H3,(H,20,24)(H3,18,19,22,23). The summed E-state index contributed by atoms with van der Waals surface area (Å²) in [6.07, 6.45) is 1.03. The first-order valence-electron chi connectivity index (χ1n) is 8.18. The van der Waals surface area contributed by atoms with Gasteiger partial charge in [0.15, 0.2) is 5.96 Å². The van der Waals surface area contributed by atoms with Gasteiger partial charge in [0, 0.05) is 18.8 Å². The van der Waals surface area contributed by atoms with Gasteiger partial charge in [0.25, 0.3) is 0 Å². The third kappa shape index (κ3) is 6.50. The molecule has 0 radical (unpaired) electrons. The Morgan fingerprint density at radius 3 is 2.80 bits per heavy atom. The minimum atomic E-state index is -0.0853. The number of aromatic nitrogens is 2. The average molecular weight is 360 g/mol. The molecule has 1 amide bonds. The minimum Gasteiger partial charge on any atom is -0.370 e. The Balaban J connectivity index is 2.03. The molecule has 0 aromatic carbocycles. The number of hydrogen-bond acceptors (Lipinski definition) is 5. The first kappa shape index (κ1) is 18.9. The summed E-state index contributed by atoms with van der Waals surface area (Å²) < 4.78 is 0. The van der Waals surface area contributed by atoms with Crippen LogP contribution in [0.3, 0.4) is 0 Å². The lowest BCUT2D eigenvalue weighted by molar-refractivity contribution is -0.119. The maximum Gasteiger partial charge on any atom is 0.217 e. The number of thiazole rings is 1. The quantitative estimate of drug-likeness (QED) is 0.519. The highest BCUT2D eigenvalue weighted by atomic mass is 32.1. The fraction of sp³-hybridized carbons (Fsp3) is 0.412. The molecule has 134 valence electrons. The molecule has 0 aliphatic heterocycles. The van der Waals surface area contributed by atoms with E-state index in [1.807, 2.05) is 23.6 Å². The van der Waals surface area contributed by atoms with Gasteiger partial charge in [0.1, 0.15) is 5.69 Å². The van der Waals surface area contributed by atoms with Crippen LogP contribution >= 0.6 is 11.3 Å². The molecule has 0 unspecified atom stereocenters. The summed E-state index contributed by atoms with van der Waals surface area (Å²) in [6, 6.07) is 5.63. The van der Waals surface area contributed by atoms with Crippen LogP contribution in [-0.2, 0) is 11.3 Å². The molecule has 0 aliphatic carbocycles. The van der Waals surface area contributed by atoms with Crippen LogP contribution in [0.5, 0.6) is 0 Å². The topological polar surface area (TPSA) is 105 Å². The van der Waals surface area contributed by atoms with E-state index < -0.39 is 0 Å². The maximum absolute atomic E-state index is 11.0. The predicted molar refractivity (Wildman–Crippen MR) is 102 cm³/mol. The number of nitrogens with zero attached hydrogens (tertiary/aromatic N) is 3. The molecule has 2 aromatic rings. The lowest BCUT2D eigenvalue weighted by atomic mass is 10.1. The van der Waals surface area contributed by atoms with Crippen LogP contribution < -0.4 is 16.4 Å². The van der Waals surface area contributed by atoms with Crippen LogP contribution in [0.1, 0.15) is 32.9 Å². The van der Waals surface area contributed by atoms with Gasteiger partial charge >= 0.3 is 0 Å². The van der Waals surface area contributed by atoms with E-state index in [0.717, 1.165) is 30.0 Å². The molecule has 0 fully saturated rings. The summed E-state index contributed by atoms with van der Waals surface area (Å²) in [4.78, 5) is 24.3. The van der Waals surface area contributed by atoms with E-state index in [1.165, 1.54) is 18.3 Å². The second-order valence-corrected chi connectivity index (χ2v) is 6.88. The maximum atomic E-state index is 11.0. The smallest absolute Gasteiger partial charge is 0.217 e. The molecule has 0 saturated heterocycles. The number of nitrogens with one attached hydrogen (secondary N) is 2. The van der Waals surface area contributed by atoms with Crippen LogP contribution in [0, 0.1) is 5.92 Å². The van der Waals surface area contributed by atoms with E-state index in [1.54, 1.807) is 0 Å². The molecule has 0 bridgehead atoms. The number of hydrogen-bond donors (Lipinski definition) is 3. The zero-order valence-corrected chi connectivity index (χ0v) is 15.6. The Morgan fingerprint density at radius 2 is 2.08 bits per heavy atom. The second-order valence-electron chi connectivity index (χ2n) is 6.05. The normalized spacial score (nSPS) is 11.6. The van der Waals surface area contributed by atoms with Gasteiger partial charge in [-0.15, -0.1) is 11.3 Å². The van der Waals surface area contributed by atoms with E-state index >= 15 is 0 Å². The summed E-state index contributed by atoms with van der Waals surface area (Å²) in [5, 5.41) is 8.30. The van der Waals surface area contributed by atoms with Crippen LogP contribution in [0.4, 0.5) is 5.13 Å². The van der Waals surface area contributed by atoms with Crippen LogP contribution in [0.15, 0.2) is 28.6 Å². The molecule has 2 aromatic heterocycles. The van der Waals surface area contributed by atoms with Gasteiger partial charge in [-0.1, -0.05) is 19.9 Å². The first-order chi connectivity index (χ1) is 11.9. The monoisotopic (exact) mass is 360 g/mol. The largest absolute Gasteiger partial charge is 0.370 e. The Morgan fingerprint density at radius 1 is 1.28 bits per heavy atom. The SMILES string of the molecule is CC(=O)NCc1cccc(-c2csc(/N=C(\N)NCCC(C)C)n2)n1. The van der Waals surface area contributed by atoms with Crippen LogP contribution in [0.25, 0.3) is 11.4 Å². The van der Waals surface area contributed by atoms with Crippen molar-refractivity contribution in [3.05, 3.63) is 29.3 Å². The molecular formula is C17H24N6OS. The zero-order chi connectivity index (χ0) is 18.2. The van der Waals surface area contributed by atoms with Crippen molar-refractivity contribution in [3.63, 3.8) is 0 Å². The van der Waals surface area contributed by atoms with E-state index in [2.05, 4.69) is 39.4 Å². The molecule has 25 heavy (non-hydrogen) atoms. The van der Waals surface area contributed by atoms with Gasteiger partial charge in [-0.2, -0.15) is 4.99 Å². The Kier molecular flexibility index (Phi) is 6.88. The van der Waals surface area contributed by atoms with Crippen molar-refractivity contribution in [2.75, 3.05) is 6.54 Å². The third-order valence-electron chi connectivity index (χ3n) is 3.32. The molecule has 0 atom stereocenters. The van der Waals surface area contributed by atoms with Gasteiger partial charge in [0.05, 0.1) is 17.9 Å². The van der Waals surface area contributed by atoms with Gasteiger partial charge in [0.2, 0.25) is 11.0 Å². The summed E-state index contributed by atoms with van der Waals surface area (Å²) in [5.41, 5.74) is 8.14. The van der Waals surface area contributed by atoms with Gasteiger partial charge in [-0.25, -0.2) is 9.97 Å². The van der Waals surface area contributed by atoms with Gasteiger partial charge < -0.3 is 16.4 Å². The highest BCUT2D eigenvalue weighted by Gasteiger charge is 2.07. The lowest BCUT2D eigenvalue weighted by Crippen LogP contribution is -2.32. The van der Waals surface area contributed by atoms with E-state index in [4.69, 9.17) is 5.73 Å². The fourth-order valence-corrected chi connectivity index (χ4v) is 2.69. The number of carbonyl (C=O) groups is 1. The molecule has 0 saturated carbocycles. The number of rotatable bonds is 7. The van der Waals surface area contributed by atoms with Crippen molar-refractivity contribution in [2.45, 2.75) is 33.7 Å². The van der Waals surface area contributed by atoms with Gasteiger partial charge in [-0.3, -0.25) is 4.79 Å². The highest BCUT2D eigenvalue weighted by Crippen LogP contribution is 2.25. The Hall–Kier alpha value is -2.48. The zero-order valence-electron chi connectivity index (χ0n) is 14.7. The number of aliphatic imine (C=N–C) groups is 1. The van der Waals surface area contributed by atoms with E-state index in [-0.39, 0.29) is 5.91 Å². The van der Waals surface area contributed by atoms with Crippen molar-refractivity contribution >= 4 is 28.3 Å². The number of amides is 1. The number of guanidine groups is 1. The molecule has 8 heteroatoms. The number of pyridine rings is 1. The highest BCUT2D eigenvalue weighted by molar-refractivity contribution is 7.13. The third-order valence-corrected chi connectivity index (χ3v) is 4.06. The minimum absolute atomic E-state index is 0.0853. The number of carbonyl (C=O) groups excluding carboxylic acids is 1. The van der Waals surface area contributed by atoms with Crippen LogP contribution in [0.2, 0.25) is 0 Å². The Bertz CT molecular complexity index is 740. The van der Waals surface area contributed by atoms with E-state index in [0.29, 0.717) is 23.6 Å². The Labute approximate surface area is 151 Å². The molecule has 0 aliphatic rings. The van der Waals surface area contributed by atoms with Crippen molar-refractivity contribution in [1.29, 1.82) is 0 Å². The summed E-state index contributed by atoms with van der Waals surface area (Å²) >= 11 is 1.41.